The molecule has 2 fully saturated rings. The maximum Gasteiger partial charge on any atom is 0.227 e. The van der Waals surface area contributed by atoms with E-state index in [0.717, 1.165) is 18.4 Å². The first-order chi connectivity index (χ1) is 12.5. The summed E-state index contributed by atoms with van der Waals surface area (Å²) in [6.45, 7) is 6.68. The molecule has 2 saturated heterocycles. The van der Waals surface area contributed by atoms with E-state index in [1.165, 1.54) is 0 Å². The molecule has 0 spiro atoms. The molecule has 0 aromatic heterocycles. The van der Waals surface area contributed by atoms with E-state index in [9.17, 15) is 9.00 Å². The van der Waals surface area contributed by atoms with Gasteiger partial charge in [0.05, 0.1) is 19.1 Å². The number of hydrogen-bond donors (Lipinski definition) is 0. The molecule has 1 aromatic carbocycles. The Morgan fingerprint density at radius 2 is 1.92 bits per heavy atom. The van der Waals surface area contributed by atoms with Crippen LogP contribution in [0.2, 0.25) is 0 Å². The van der Waals surface area contributed by atoms with Crippen molar-refractivity contribution in [2.75, 3.05) is 38.6 Å². The molecule has 0 saturated carbocycles. The molecule has 0 radical (unpaired) electrons. The zero-order chi connectivity index (χ0) is 18.6. The highest BCUT2D eigenvalue weighted by molar-refractivity contribution is 7.98. The number of carbonyl (C=O) groups is 1. The van der Waals surface area contributed by atoms with Crippen molar-refractivity contribution in [2.45, 2.75) is 18.9 Å². The van der Waals surface area contributed by atoms with Gasteiger partial charge in [-0.15, -0.1) is 6.58 Å². The lowest BCUT2D eigenvalue weighted by molar-refractivity contribution is -0.141. The third kappa shape index (κ3) is 4.19. The fraction of sp³-hybridized carbons (Fsp3) is 0.500. The number of piperidine rings is 1. The summed E-state index contributed by atoms with van der Waals surface area (Å²) in [6.07, 6.45) is 3.26. The Kier molecular flexibility index (Phi) is 6.16. The zero-order valence-corrected chi connectivity index (χ0v) is 16.0. The highest BCUT2D eigenvalue weighted by atomic mass is 32.2. The number of ether oxygens (including phenoxy) is 1. The van der Waals surface area contributed by atoms with Gasteiger partial charge in [0.2, 0.25) is 5.91 Å². The molecule has 2 aliphatic rings. The standard InChI is InChI=1S/C20H28N2O3S/c1-3-15-26(2,24)22-16-18(20(23)21-11-13-25-14-12-21)9-10-19(22)17-7-5-4-6-8-17/h3-8,18-19H,1-2,9-16H2. The predicted octanol–water partition coefficient (Wildman–Crippen LogP) is 2.12. The SMILES string of the molecule is C=CCS(=C)(=O)N1CC(C(=O)N2CCOCC2)CCC1c1ccccc1. The van der Waals surface area contributed by atoms with E-state index < -0.39 is 9.71 Å². The molecule has 2 heterocycles. The molecular weight excluding hydrogens is 348 g/mol. The average molecular weight is 377 g/mol. The molecule has 142 valence electrons. The van der Waals surface area contributed by atoms with Crippen LogP contribution in [0.15, 0.2) is 43.0 Å². The lowest BCUT2D eigenvalue weighted by Crippen LogP contribution is -2.50. The third-order valence-electron chi connectivity index (χ3n) is 5.20. The summed E-state index contributed by atoms with van der Waals surface area (Å²) in [5, 5.41) is 0. The minimum absolute atomic E-state index is 0.0230. The van der Waals surface area contributed by atoms with Crippen LogP contribution in [0.1, 0.15) is 24.4 Å². The Morgan fingerprint density at radius 3 is 2.58 bits per heavy atom. The van der Waals surface area contributed by atoms with Crippen LogP contribution < -0.4 is 0 Å². The van der Waals surface area contributed by atoms with Gasteiger partial charge in [0.25, 0.3) is 0 Å². The minimum Gasteiger partial charge on any atom is -0.378 e. The smallest absolute Gasteiger partial charge is 0.227 e. The Labute approximate surface area is 156 Å². The summed E-state index contributed by atoms with van der Waals surface area (Å²) in [5.74, 6) is 4.34. The van der Waals surface area contributed by atoms with Gasteiger partial charge >= 0.3 is 0 Å². The molecule has 1 aromatic rings. The van der Waals surface area contributed by atoms with Crippen molar-refractivity contribution in [1.82, 2.24) is 9.21 Å². The fourth-order valence-electron chi connectivity index (χ4n) is 3.84. The van der Waals surface area contributed by atoms with Crippen molar-refractivity contribution in [3.8, 4) is 0 Å². The van der Waals surface area contributed by atoms with E-state index in [1.54, 1.807) is 6.08 Å². The molecule has 6 heteroatoms. The van der Waals surface area contributed by atoms with Gasteiger partial charge in [-0.2, -0.15) is 0 Å². The molecule has 3 atom stereocenters. The molecule has 1 amide bonds. The third-order valence-corrected chi connectivity index (χ3v) is 7.21. The number of rotatable bonds is 5. The van der Waals surface area contributed by atoms with Crippen molar-refractivity contribution in [3.05, 3.63) is 48.6 Å². The van der Waals surface area contributed by atoms with E-state index in [0.29, 0.717) is 38.6 Å². The second kappa shape index (κ2) is 8.37. The summed E-state index contributed by atoms with van der Waals surface area (Å²) in [5.41, 5.74) is 1.13. The zero-order valence-electron chi connectivity index (χ0n) is 15.2. The lowest BCUT2D eigenvalue weighted by Gasteiger charge is -2.42. The van der Waals surface area contributed by atoms with Gasteiger partial charge in [-0.3, -0.25) is 9.00 Å². The van der Waals surface area contributed by atoms with E-state index in [-0.39, 0.29) is 17.9 Å². The van der Waals surface area contributed by atoms with Gasteiger partial charge in [-0.1, -0.05) is 36.4 Å². The average Bonchev–Trinajstić information content (AvgIpc) is 2.68. The Morgan fingerprint density at radius 1 is 1.23 bits per heavy atom. The maximum absolute atomic E-state index is 13.3. The number of morpholine rings is 1. The summed E-state index contributed by atoms with van der Waals surface area (Å²) in [7, 11) is -2.51. The number of carbonyl (C=O) groups excluding carboxylic acids is 1. The summed E-state index contributed by atoms with van der Waals surface area (Å²) in [4.78, 5) is 14.8. The molecule has 26 heavy (non-hydrogen) atoms. The van der Waals surface area contributed by atoms with E-state index in [2.05, 4.69) is 24.6 Å². The monoisotopic (exact) mass is 376 g/mol. The van der Waals surface area contributed by atoms with Gasteiger partial charge in [0.15, 0.2) is 0 Å². The van der Waals surface area contributed by atoms with Gasteiger partial charge < -0.3 is 9.64 Å². The molecule has 2 aliphatic heterocycles. The fourth-order valence-corrected chi connectivity index (χ4v) is 5.54. The highest BCUT2D eigenvalue weighted by Crippen LogP contribution is 2.36. The lowest BCUT2D eigenvalue weighted by atomic mass is 9.90. The summed E-state index contributed by atoms with van der Waals surface area (Å²) < 4.78 is 20.6. The van der Waals surface area contributed by atoms with E-state index in [1.807, 2.05) is 27.4 Å². The molecule has 3 unspecified atom stereocenters. The van der Waals surface area contributed by atoms with E-state index >= 15 is 0 Å². The van der Waals surface area contributed by atoms with Crippen LogP contribution in [-0.2, 0) is 19.2 Å². The quantitative estimate of drug-likeness (QED) is 0.584. The van der Waals surface area contributed by atoms with Crippen molar-refractivity contribution >= 4 is 21.5 Å². The predicted molar refractivity (Wildman–Crippen MR) is 106 cm³/mol. The molecule has 0 aliphatic carbocycles. The van der Waals surface area contributed by atoms with Crippen LogP contribution in [0.25, 0.3) is 0 Å². The van der Waals surface area contributed by atoms with E-state index in [4.69, 9.17) is 4.74 Å². The van der Waals surface area contributed by atoms with Gasteiger partial charge in [0.1, 0.15) is 0 Å². The second-order valence-electron chi connectivity index (χ2n) is 6.97. The van der Waals surface area contributed by atoms with Crippen LogP contribution in [-0.4, -0.2) is 63.8 Å². The van der Waals surface area contributed by atoms with Crippen LogP contribution in [0.4, 0.5) is 0 Å². The van der Waals surface area contributed by atoms with Gasteiger partial charge in [-0.05, 0) is 24.3 Å². The number of hydrogen-bond acceptors (Lipinski definition) is 3. The van der Waals surface area contributed by atoms with Crippen LogP contribution in [0, 0.1) is 5.92 Å². The molecule has 0 N–H and O–H groups in total. The largest absolute Gasteiger partial charge is 0.378 e. The minimum atomic E-state index is -2.51. The van der Waals surface area contributed by atoms with Crippen LogP contribution in [0.3, 0.4) is 0 Å². The van der Waals surface area contributed by atoms with Gasteiger partial charge in [0, 0.05) is 41.1 Å². The number of benzene rings is 1. The maximum atomic E-state index is 13.3. The first-order valence-electron chi connectivity index (χ1n) is 9.17. The van der Waals surface area contributed by atoms with Crippen molar-refractivity contribution in [3.63, 3.8) is 0 Å². The highest BCUT2D eigenvalue weighted by Gasteiger charge is 2.38. The normalized spacial score (nSPS) is 26.8. The number of amides is 1. The topological polar surface area (TPSA) is 49.9 Å². The first kappa shape index (κ1) is 19.1. The first-order valence-corrected chi connectivity index (χ1v) is 11.0. The molecular formula is C20H28N2O3S. The Hall–Kier alpha value is -1.63. The van der Waals surface area contributed by atoms with Crippen molar-refractivity contribution in [1.29, 1.82) is 0 Å². The molecule has 5 nitrogen and oxygen atoms in total. The Bertz CT molecular complexity index is 727. The Balaban J connectivity index is 1.82. The van der Waals surface area contributed by atoms with Crippen molar-refractivity contribution in [2.24, 2.45) is 5.92 Å². The summed E-state index contributed by atoms with van der Waals surface area (Å²) >= 11 is 0. The second-order valence-corrected chi connectivity index (χ2v) is 9.31. The number of nitrogens with zero attached hydrogens (tertiary/aromatic N) is 2. The van der Waals surface area contributed by atoms with Crippen molar-refractivity contribution < 1.29 is 13.7 Å². The van der Waals surface area contributed by atoms with Crippen LogP contribution in [0.5, 0.6) is 0 Å². The molecule has 3 rings (SSSR count). The van der Waals surface area contributed by atoms with Crippen LogP contribution >= 0.6 is 0 Å². The summed E-state index contributed by atoms with van der Waals surface area (Å²) in [6, 6.07) is 10.1. The molecule has 0 bridgehead atoms. The van der Waals surface area contributed by atoms with Gasteiger partial charge in [-0.25, -0.2) is 4.31 Å².